The van der Waals surface area contributed by atoms with Crippen molar-refractivity contribution in [1.29, 1.82) is 0 Å². The topological polar surface area (TPSA) is 56.1 Å². The highest BCUT2D eigenvalue weighted by Gasteiger charge is 2.23. The molecular formula is C28H33F2N3O2. The predicted octanol–water partition coefficient (Wildman–Crippen LogP) is 5.62. The first-order chi connectivity index (χ1) is 16.8. The molecule has 0 atom stereocenters. The Labute approximate surface area is 205 Å². The van der Waals surface area contributed by atoms with Crippen molar-refractivity contribution in [3.05, 3.63) is 83.2 Å². The van der Waals surface area contributed by atoms with E-state index in [0.29, 0.717) is 13.2 Å². The number of aryl methyl sites for hydroxylation is 2. The zero-order chi connectivity index (χ0) is 25.4. The third kappa shape index (κ3) is 6.85. The summed E-state index contributed by atoms with van der Waals surface area (Å²) in [6.45, 7) is 6.48. The fourth-order valence-corrected chi connectivity index (χ4v) is 3.98. The first kappa shape index (κ1) is 26.3. The van der Waals surface area contributed by atoms with Gasteiger partial charge in [-0.15, -0.1) is 0 Å². The Balaban J connectivity index is 0.000000211. The first-order valence-electron chi connectivity index (χ1n) is 11.9. The third-order valence-electron chi connectivity index (χ3n) is 6.11. The molecule has 0 bridgehead atoms. The highest BCUT2D eigenvalue weighted by atomic mass is 19.1. The largest absolute Gasteiger partial charge is 0.381 e. The Bertz CT molecular complexity index is 1160. The van der Waals surface area contributed by atoms with E-state index in [1.807, 2.05) is 24.1 Å². The lowest BCUT2D eigenvalue weighted by molar-refractivity contribution is -0.116. The minimum absolute atomic E-state index is 0.0122. The molecule has 2 heterocycles. The van der Waals surface area contributed by atoms with Crippen LogP contribution in [-0.4, -0.2) is 34.9 Å². The number of aromatic nitrogens is 2. The van der Waals surface area contributed by atoms with Crippen LogP contribution in [0.5, 0.6) is 0 Å². The van der Waals surface area contributed by atoms with Crippen LogP contribution in [0, 0.1) is 18.6 Å². The predicted molar refractivity (Wildman–Crippen MR) is 135 cm³/mol. The number of amides is 1. The summed E-state index contributed by atoms with van der Waals surface area (Å²) in [4.78, 5) is 12.3. The van der Waals surface area contributed by atoms with Crippen LogP contribution >= 0.6 is 0 Å². The Morgan fingerprint density at radius 3 is 2.34 bits per heavy atom. The highest BCUT2D eigenvalue weighted by Crippen LogP contribution is 2.25. The van der Waals surface area contributed by atoms with Crippen LogP contribution in [0.2, 0.25) is 0 Å². The van der Waals surface area contributed by atoms with Gasteiger partial charge in [0.2, 0.25) is 0 Å². The number of nitrogens with one attached hydrogen (secondary N) is 1. The molecule has 1 N–H and O–H groups in total. The van der Waals surface area contributed by atoms with E-state index in [0.717, 1.165) is 31.4 Å². The summed E-state index contributed by atoms with van der Waals surface area (Å²) in [5.41, 5.74) is 4.12. The van der Waals surface area contributed by atoms with E-state index < -0.39 is 11.6 Å². The van der Waals surface area contributed by atoms with Gasteiger partial charge in [-0.1, -0.05) is 37.3 Å². The Kier molecular flexibility index (Phi) is 9.32. The zero-order valence-electron chi connectivity index (χ0n) is 20.8. The summed E-state index contributed by atoms with van der Waals surface area (Å²) in [5, 5.41) is 7.02. The summed E-state index contributed by atoms with van der Waals surface area (Å²) >= 11 is 0. The Morgan fingerprint density at radius 1 is 1.11 bits per heavy atom. The maximum atomic E-state index is 14.0. The number of allylic oxidation sites excluding steroid dienone is 1. The van der Waals surface area contributed by atoms with Crippen molar-refractivity contribution < 1.29 is 18.3 Å². The molecule has 2 aromatic carbocycles. The van der Waals surface area contributed by atoms with Crippen LogP contribution in [0.3, 0.4) is 0 Å². The van der Waals surface area contributed by atoms with E-state index in [9.17, 15) is 13.6 Å². The lowest BCUT2D eigenvalue weighted by Gasteiger charge is -2.24. The van der Waals surface area contributed by atoms with Crippen LogP contribution < -0.4 is 5.32 Å². The van der Waals surface area contributed by atoms with E-state index in [-0.39, 0.29) is 28.6 Å². The van der Waals surface area contributed by atoms with Gasteiger partial charge in [0.25, 0.3) is 5.91 Å². The van der Waals surface area contributed by atoms with Crippen LogP contribution in [-0.2, 0) is 23.0 Å². The van der Waals surface area contributed by atoms with Crippen molar-refractivity contribution in [1.82, 2.24) is 15.1 Å². The number of nitrogens with zero attached hydrogens (tertiary/aromatic N) is 2. The van der Waals surface area contributed by atoms with Gasteiger partial charge in [-0.05, 0) is 61.9 Å². The molecule has 7 heteroatoms. The molecule has 1 aliphatic rings. The summed E-state index contributed by atoms with van der Waals surface area (Å²) in [7, 11) is 1.93. The number of ether oxygens (including phenoxy) is 1. The van der Waals surface area contributed by atoms with E-state index in [1.54, 1.807) is 6.92 Å². The van der Waals surface area contributed by atoms with Gasteiger partial charge in [0, 0.05) is 49.2 Å². The van der Waals surface area contributed by atoms with Crippen LogP contribution in [0.15, 0.2) is 54.9 Å². The van der Waals surface area contributed by atoms with Gasteiger partial charge in [-0.3, -0.25) is 9.48 Å². The van der Waals surface area contributed by atoms with E-state index in [2.05, 4.69) is 41.6 Å². The molecule has 186 valence electrons. The van der Waals surface area contributed by atoms with Crippen molar-refractivity contribution in [2.24, 2.45) is 7.05 Å². The van der Waals surface area contributed by atoms with Gasteiger partial charge < -0.3 is 10.1 Å². The molecule has 5 nitrogen and oxygen atoms in total. The van der Waals surface area contributed by atoms with Crippen LogP contribution in [0.25, 0.3) is 16.7 Å². The minimum Gasteiger partial charge on any atom is -0.381 e. The molecular weight excluding hydrogens is 448 g/mol. The second-order valence-electron chi connectivity index (χ2n) is 8.54. The molecule has 1 aliphatic heterocycles. The van der Waals surface area contributed by atoms with Crippen molar-refractivity contribution in [2.75, 3.05) is 13.2 Å². The molecule has 0 saturated carbocycles. The summed E-state index contributed by atoms with van der Waals surface area (Å²) in [5.74, 6) is -1.49. The van der Waals surface area contributed by atoms with Crippen LogP contribution in [0.4, 0.5) is 8.78 Å². The monoisotopic (exact) mass is 481 g/mol. The van der Waals surface area contributed by atoms with Crippen LogP contribution in [0.1, 0.15) is 43.4 Å². The van der Waals surface area contributed by atoms with Crippen molar-refractivity contribution in [2.45, 2.75) is 46.1 Å². The molecule has 0 unspecified atom stereocenters. The average molecular weight is 482 g/mol. The molecule has 3 aromatic rings. The van der Waals surface area contributed by atoms with Gasteiger partial charge in [0.15, 0.2) is 0 Å². The minimum atomic E-state index is -0.593. The molecule has 1 fully saturated rings. The molecule has 1 aromatic heterocycles. The van der Waals surface area contributed by atoms with Crippen molar-refractivity contribution in [3.63, 3.8) is 0 Å². The number of carbonyl (C=O) groups is 1. The second-order valence-corrected chi connectivity index (χ2v) is 8.54. The van der Waals surface area contributed by atoms with E-state index >= 15 is 0 Å². The SMILES string of the molecule is C/C=C(/C(=O)NC1CCOCC1)c1c(F)ccc(F)c1C.CCc1ccc(-c2cnn(C)c2)cc1. The number of benzene rings is 2. The molecule has 1 saturated heterocycles. The fraction of sp³-hybridized carbons (Fsp3) is 0.357. The zero-order valence-corrected chi connectivity index (χ0v) is 20.8. The number of hydrogen-bond donors (Lipinski definition) is 1. The number of halogens is 2. The third-order valence-corrected chi connectivity index (χ3v) is 6.11. The molecule has 35 heavy (non-hydrogen) atoms. The number of rotatable bonds is 5. The Morgan fingerprint density at radius 2 is 1.77 bits per heavy atom. The molecule has 1 amide bonds. The molecule has 0 aliphatic carbocycles. The first-order valence-corrected chi connectivity index (χ1v) is 11.9. The van der Waals surface area contributed by atoms with Gasteiger partial charge in [0.1, 0.15) is 11.6 Å². The summed E-state index contributed by atoms with van der Waals surface area (Å²) in [6, 6.07) is 10.8. The van der Waals surface area contributed by atoms with E-state index in [1.165, 1.54) is 29.7 Å². The second kappa shape index (κ2) is 12.4. The molecule has 0 radical (unpaired) electrons. The van der Waals surface area contributed by atoms with Gasteiger partial charge >= 0.3 is 0 Å². The smallest absolute Gasteiger partial charge is 0.251 e. The number of hydrogen-bond acceptors (Lipinski definition) is 3. The fourth-order valence-electron chi connectivity index (χ4n) is 3.98. The Hall–Kier alpha value is -3.32. The highest BCUT2D eigenvalue weighted by molar-refractivity contribution is 6.20. The molecule has 0 spiro atoms. The maximum Gasteiger partial charge on any atom is 0.251 e. The molecule has 4 rings (SSSR count). The van der Waals surface area contributed by atoms with Crippen molar-refractivity contribution in [3.8, 4) is 11.1 Å². The lowest BCUT2D eigenvalue weighted by atomic mass is 9.97. The van der Waals surface area contributed by atoms with Crippen molar-refractivity contribution >= 4 is 11.5 Å². The maximum absolute atomic E-state index is 14.0. The summed E-state index contributed by atoms with van der Waals surface area (Å²) < 4.78 is 34.7. The number of carbonyl (C=O) groups excluding carboxylic acids is 1. The lowest BCUT2D eigenvalue weighted by Crippen LogP contribution is -2.39. The summed E-state index contributed by atoms with van der Waals surface area (Å²) in [6.07, 6.45) is 7.98. The van der Waals surface area contributed by atoms with Gasteiger partial charge in [0.05, 0.1) is 6.20 Å². The quantitative estimate of drug-likeness (QED) is 0.481. The average Bonchev–Trinajstić information content (AvgIpc) is 3.31. The van der Waals surface area contributed by atoms with Gasteiger partial charge in [-0.2, -0.15) is 5.10 Å². The standard InChI is InChI=1S/C16H19F2NO2.C12H14N2/c1-3-12(15-10(2)13(17)4-5-14(15)18)16(20)19-11-6-8-21-9-7-11;1-3-10-4-6-11(7-5-10)12-8-13-14(2)9-12/h3-5,11H,6-9H2,1-2H3,(H,19,20);4-9H,3H2,1-2H3/b12-3+;. The normalized spacial score (nSPS) is 14.3. The van der Waals surface area contributed by atoms with Gasteiger partial charge in [-0.25, -0.2) is 8.78 Å². The van der Waals surface area contributed by atoms with E-state index in [4.69, 9.17) is 4.74 Å².